The van der Waals surface area contributed by atoms with Crippen molar-refractivity contribution < 1.29 is 24.3 Å². The second kappa shape index (κ2) is 21.2. The Bertz CT molecular complexity index is 1720. The van der Waals surface area contributed by atoms with Crippen LogP contribution in [0.25, 0.3) is 0 Å². The van der Waals surface area contributed by atoms with Crippen molar-refractivity contribution in [2.24, 2.45) is 40.7 Å². The van der Waals surface area contributed by atoms with Gasteiger partial charge in [-0.25, -0.2) is 4.79 Å². The fourth-order valence-electron chi connectivity index (χ4n) is 9.13. The summed E-state index contributed by atoms with van der Waals surface area (Å²) in [5.74, 6) is 4.61. The van der Waals surface area contributed by atoms with E-state index in [2.05, 4.69) is 127 Å². The number of hydrogen-bond donors (Lipinski definition) is 5. The number of nitrogens with one attached hydrogen (secondary N) is 3. The van der Waals surface area contributed by atoms with Gasteiger partial charge in [0.05, 0.1) is 11.5 Å². The van der Waals surface area contributed by atoms with E-state index in [1.807, 2.05) is 0 Å². The maximum atomic E-state index is 11.4. The van der Waals surface area contributed by atoms with Crippen molar-refractivity contribution in [3.63, 3.8) is 0 Å². The van der Waals surface area contributed by atoms with Crippen LogP contribution in [0.3, 0.4) is 0 Å². The number of carbonyl (C=O) groups is 1. The molecule has 6 aliphatic rings. The molecule has 13 nitrogen and oxygen atoms in total. The summed E-state index contributed by atoms with van der Waals surface area (Å²) < 4.78 is 9.83. The molecule has 6 fully saturated rings. The lowest BCUT2D eigenvalue weighted by Crippen LogP contribution is -2.29. The Labute approximate surface area is 352 Å². The first kappa shape index (κ1) is 46.3. The molecule has 6 N–H and O–H groups in total. The van der Waals surface area contributed by atoms with Crippen LogP contribution in [0.15, 0.2) is 84.9 Å². The molecule has 9 rings (SSSR count). The molecule has 9 atom stereocenters. The number of nitrogens with zero attached hydrogens (tertiary/aromatic N) is 3. The van der Waals surface area contributed by atoms with Gasteiger partial charge in [0.1, 0.15) is 5.75 Å². The zero-order chi connectivity index (χ0) is 42.7. The van der Waals surface area contributed by atoms with E-state index in [-0.39, 0.29) is 11.4 Å². The Morgan fingerprint density at radius 2 is 1.37 bits per heavy atom. The second-order valence-corrected chi connectivity index (χ2v) is 23.8. The highest BCUT2D eigenvalue weighted by molar-refractivity contribution is 6.76. The first-order chi connectivity index (χ1) is 28.3. The molecular formula is C45H69N7O6Si. The largest absolute Gasteiger partial charge is 0.513 e. The highest BCUT2D eigenvalue weighted by Gasteiger charge is 2.62. The summed E-state index contributed by atoms with van der Waals surface area (Å²) in [6.45, 7) is 18.9. The molecule has 3 heterocycles. The predicted octanol–water partition coefficient (Wildman–Crippen LogP) is 5.28. The van der Waals surface area contributed by atoms with Crippen LogP contribution >= 0.6 is 0 Å². The molecule has 0 bridgehead atoms. The van der Waals surface area contributed by atoms with Crippen LogP contribution in [-0.2, 0) is 17.8 Å². The number of ether oxygens (including phenoxy) is 2. The lowest BCUT2D eigenvalue weighted by molar-refractivity contribution is -0.384. The topological polar surface area (TPSA) is 167 Å². The molecule has 2 unspecified atom stereocenters. The number of carbonyl (C=O) groups excluding carboxylic acids is 1. The summed E-state index contributed by atoms with van der Waals surface area (Å²) in [6, 6.07) is 29.7. The molecule has 0 radical (unpaired) electrons. The second-order valence-electron chi connectivity index (χ2n) is 18.2. The average molecular weight is 832 g/mol. The van der Waals surface area contributed by atoms with E-state index < -0.39 is 19.2 Å². The van der Waals surface area contributed by atoms with Crippen LogP contribution < -0.4 is 26.4 Å². The van der Waals surface area contributed by atoms with Crippen LogP contribution in [0.5, 0.6) is 5.75 Å². The highest BCUT2D eigenvalue weighted by Crippen LogP contribution is 2.54. The molecule has 0 amide bonds. The number of likely N-dealkylation sites (tertiary alicyclic amines) is 2. The molecule has 3 saturated carbocycles. The minimum Gasteiger partial charge on any atom is -0.434 e. The summed E-state index contributed by atoms with van der Waals surface area (Å²) in [6.07, 6.45) is -0.785. The molecule has 3 aliphatic heterocycles. The van der Waals surface area contributed by atoms with Crippen molar-refractivity contribution in [2.75, 3.05) is 67.1 Å². The van der Waals surface area contributed by atoms with E-state index in [0.29, 0.717) is 18.1 Å². The number of hydrogen-bond acceptors (Lipinski definition) is 12. The number of piperidine rings is 3. The van der Waals surface area contributed by atoms with Gasteiger partial charge in [-0.05, 0) is 73.0 Å². The Balaban J connectivity index is 0.000000151. The van der Waals surface area contributed by atoms with Crippen molar-refractivity contribution in [3.8, 4) is 5.75 Å². The Hall–Kier alpha value is -3.73. The average Bonchev–Trinajstić information content (AvgIpc) is 3.96. The molecule has 3 aliphatic carbocycles. The van der Waals surface area contributed by atoms with Crippen LogP contribution in [0, 0.1) is 45.1 Å². The number of benzene rings is 3. The fourth-order valence-corrected chi connectivity index (χ4v) is 9.84. The zero-order valence-electron chi connectivity index (χ0n) is 36.2. The van der Waals surface area contributed by atoms with Gasteiger partial charge in [0.15, 0.2) is 0 Å². The highest BCUT2D eigenvalue weighted by atomic mass is 28.3. The number of non-ortho nitro benzene ring substituents is 1. The number of nitrogens with two attached hydrogens (primary N) is 1. The van der Waals surface area contributed by atoms with E-state index in [1.54, 1.807) is 0 Å². The van der Waals surface area contributed by atoms with Crippen molar-refractivity contribution >= 4 is 19.9 Å². The molecule has 324 valence electrons. The molecular weight excluding hydrogens is 763 g/mol. The molecule has 3 aromatic carbocycles. The lowest BCUT2D eigenvalue weighted by Gasteiger charge is -2.19. The molecule has 14 heteroatoms. The minimum absolute atomic E-state index is 0.0561. The third-order valence-corrected chi connectivity index (χ3v) is 14.5. The maximum Gasteiger partial charge on any atom is 0.513 e. The Morgan fingerprint density at radius 1 is 0.864 bits per heavy atom. The number of aliphatic hydroxyl groups is 1. The van der Waals surface area contributed by atoms with Gasteiger partial charge < -0.3 is 36.3 Å². The molecule has 3 saturated heterocycles. The van der Waals surface area contributed by atoms with Gasteiger partial charge in [0.25, 0.3) is 5.69 Å². The van der Waals surface area contributed by atoms with Crippen molar-refractivity contribution in [3.05, 3.63) is 106 Å². The van der Waals surface area contributed by atoms with E-state index in [1.165, 1.54) is 74.7 Å². The number of aliphatic hydroxyl groups excluding tert-OH is 1. The van der Waals surface area contributed by atoms with Gasteiger partial charge in [-0.3, -0.25) is 19.9 Å². The van der Waals surface area contributed by atoms with Crippen molar-refractivity contribution in [1.82, 2.24) is 25.8 Å². The number of nitro groups is 1. The van der Waals surface area contributed by atoms with Gasteiger partial charge in [-0.1, -0.05) is 87.2 Å². The van der Waals surface area contributed by atoms with Crippen molar-refractivity contribution in [2.45, 2.75) is 63.8 Å². The smallest absolute Gasteiger partial charge is 0.434 e. The van der Waals surface area contributed by atoms with Gasteiger partial charge in [0.2, 0.25) is 0 Å². The van der Waals surface area contributed by atoms with Crippen molar-refractivity contribution in [1.29, 1.82) is 0 Å². The molecule has 0 spiro atoms. The summed E-state index contributed by atoms with van der Waals surface area (Å²) in [4.78, 5) is 26.4. The van der Waals surface area contributed by atoms with Crippen LogP contribution in [0.4, 0.5) is 10.5 Å². The van der Waals surface area contributed by atoms with Gasteiger partial charge >= 0.3 is 6.16 Å². The normalized spacial score (nSPS) is 29.2. The zero-order valence-corrected chi connectivity index (χ0v) is 37.2. The van der Waals surface area contributed by atoms with Gasteiger partial charge in [-0.2, -0.15) is 0 Å². The SMILES string of the molecule is CNC1[C@H]2CN(Cc3ccccc3)C[C@@H]12.CN[C@@H]1[C@H]2CNC[C@]21C.CO.C[Si](C)(C)CCOC(=O)Oc1ccc([N+](=O)[O-])cc1.NC1[C@H]2CN(Cc3ccccc3)C[C@@H]12. The molecule has 0 aromatic heterocycles. The first-order valence-corrected chi connectivity index (χ1v) is 24.9. The van der Waals surface area contributed by atoms with Gasteiger partial charge in [0, 0.05) is 103 Å². The fraction of sp³-hybridized carbons (Fsp3) is 0.578. The standard InChI is InChI=1S/C13H18N2.C12H16N2.C12H17NO5Si.C7H14N2.CH4O/c1-14-13-11-8-15(9-12(11)13)7-10-5-3-2-4-6-10;13-12-10-7-14(8-11(10)12)6-9-4-2-1-3-5-9;1-19(2,3)9-8-17-12(14)18-11-6-4-10(5-7-11)13(15)16;1-7-4-9-3-5(7)6(7)8-2;1-2/h2-6,11-14H,7-9H2,1H3;1-5,10-12H,6-8,13H2;4-7H,8-9H2,1-3H3;5-6,8-9H,3-4H2,1-2H3;2H,1H3/t11-,12+,13?;10-,11+,12?;;5-,6-,7-;/m...1./s1. The van der Waals surface area contributed by atoms with Crippen LogP contribution in [0.1, 0.15) is 18.1 Å². The quantitative estimate of drug-likeness (QED) is 0.0559. The predicted molar refractivity (Wildman–Crippen MR) is 237 cm³/mol. The minimum atomic E-state index is -1.24. The Kier molecular flexibility index (Phi) is 16.6. The monoisotopic (exact) mass is 832 g/mol. The molecule has 59 heavy (non-hydrogen) atoms. The van der Waals surface area contributed by atoms with Crippen LogP contribution in [-0.4, -0.2) is 119 Å². The lowest BCUT2D eigenvalue weighted by atomic mass is 10.1. The summed E-state index contributed by atoms with van der Waals surface area (Å²) in [5.41, 5.74) is 9.31. The third kappa shape index (κ3) is 13.1. The number of fused-ring (bicyclic) bond motifs is 3. The third-order valence-electron chi connectivity index (χ3n) is 12.8. The first-order valence-electron chi connectivity index (χ1n) is 21.2. The van der Waals surface area contributed by atoms with E-state index >= 15 is 0 Å². The summed E-state index contributed by atoms with van der Waals surface area (Å²) in [5, 5.41) is 27.6. The Morgan fingerprint density at radius 3 is 1.78 bits per heavy atom. The van der Waals surface area contributed by atoms with Crippen LogP contribution in [0.2, 0.25) is 25.7 Å². The summed E-state index contributed by atoms with van der Waals surface area (Å²) >= 11 is 0. The van der Waals surface area contributed by atoms with E-state index in [0.717, 1.165) is 67.9 Å². The number of rotatable bonds is 11. The molecule has 3 aromatic rings. The van der Waals surface area contributed by atoms with Gasteiger partial charge in [-0.15, -0.1) is 0 Å². The maximum absolute atomic E-state index is 11.4. The summed E-state index contributed by atoms with van der Waals surface area (Å²) in [7, 11) is 3.91. The van der Waals surface area contributed by atoms with E-state index in [9.17, 15) is 14.9 Å². The number of nitro benzene ring substituents is 1. The van der Waals surface area contributed by atoms with E-state index in [4.69, 9.17) is 20.3 Å².